The molecule has 1 unspecified atom stereocenters. The fraction of sp³-hybridized carbons (Fsp3) is 0.556. The summed E-state index contributed by atoms with van der Waals surface area (Å²) in [5.41, 5.74) is 3.65. The maximum atomic E-state index is 10.4. The molecular weight excluding hydrogens is 420 g/mol. The van der Waals surface area contributed by atoms with Crippen molar-refractivity contribution in [3.63, 3.8) is 0 Å². The van der Waals surface area contributed by atoms with Gasteiger partial charge in [-0.15, -0.1) is 11.8 Å². The van der Waals surface area contributed by atoms with E-state index in [-0.39, 0.29) is 30.1 Å². The van der Waals surface area contributed by atoms with Crippen molar-refractivity contribution in [2.24, 2.45) is 5.41 Å². The van der Waals surface area contributed by atoms with Gasteiger partial charge in [-0.05, 0) is 65.6 Å². The number of aryl methyl sites for hydroxylation is 1. The fourth-order valence-electron chi connectivity index (χ4n) is 3.72. The molecule has 2 aromatic carbocycles. The normalized spacial score (nSPS) is 13.3. The van der Waals surface area contributed by atoms with Gasteiger partial charge in [-0.2, -0.15) is 0 Å². The first-order valence-corrected chi connectivity index (χ1v) is 12.5. The van der Waals surface area contributed by atoms with Crippen LogP contribution >= 0.6 is 11.8 Å². The third-order valence-electron chi connectivity index (χ3n) is 6.57. The smallest absolute Gasteiger partial charge is 0.119 e. The van der Waals surface area contributed by atoms with E-state index >= 15 is 0 Å². The molecule has 4 nitrogen and oxygen atoms in total. The molecule has 3 N–H and O–H groups in total. The van der Waals surface area contributed by atoms with Crippen molar-refractivity contribution >= 4 is 11.8 Å². The van der Waals surface area contributed by atoms with Crippen molar-refractivity contribution in [1.29, 1.82) is 0 Å². The van der Waals surface area contributed by atoms with Gasteiger partial charge in [0.25, 0.3) is 0 Å². The molecule has 0 aliphatic rings. The van der Waals surface area contributed by atoms with Gasteiger partial charge in [0, 0.05) is 16.1 Å². The lowest BCUT2D eigenvalue weighted by Gasteiger charge is -2.33. The van der Waals surface area contributed by atoms with Gasteiger partial charge in [-0.25, -0.2) is 0 Å². The molecular formula is C27H40O4S. The Morgan fingerprint density at radius 1 is 0.938 bits per heavy atom. The lowest BCUT2D eigenvalue weighted by Crippen LogP contribution is -2.32. The lowest BCUT2D eigenvalue weighted by molar-refractivity contribution is 0.0843. The molecule has 0 radical (unpaired) electrons. The van der Waals surface area contributed by atoms with Gasteiger partial charge in [0.2, 0.25) is 0 Å². The molecule has 32 heavy (non-hydrogen) atoms. The largest absolute Gasteiger partial charge is 0.493 e. The van der Waals surface area contributed by atoms with Crippen LogP contribution in [0, 0.1) is 12.3 Å². The van der Waals surface area contributed by atoms with Crippen LogP contribution in [0.2, 0.25) is 0 Å². The first-order chi connectivity index (χ1) is 15.1. The number of aliphatic hydroxyl groups excluding tert-OH is 3. The highest BCUT2D eigenvalue weighted by molar-refractivity contribution is 7.99. The maximum Gasteiger partial charge on any atom is 0.119 e. The molecule has 5 heteroatoms. The second-order valence-corrected chi connectivity index (χ2v) is 10.8. The Balaban J connectivity index is 2.19. The van der Waals surface area contributed by atoms with Crippen molar-refractivity contribution < 1.29 is 20.1 Å². The summed E-state index contributed by atoms with van der Waals surface area (Å²) in [6.07, 6.45) is 1.53. The van der Waals surface area contributed by atoms with Gasteiger partial charge >= 0.3 is 0 Å². The minimum absolute atomic E-state index is 0.0968. The monoisotopic (exact) mass is 460 g/mol. The van der Waals surface area contributed by atoms with E-state index < -0.39 is 0 Å². The van der Waals surface area contributed by atoms with Crippen molar-refractivity contribution in [3.8, 4) is 5.75 Å². The van der Waals surface area contributed by atoms with E-state index in [1.807, 2.05) is 18.2 Å². The standard InChI is InChI=1S/C27H40O4S/c1-7-27(8-2,18-31-23-11-9-20(15-28)21(14-23)16-29)22-10-12-24(19(3)13-22)32-17-25(30)26(4,5)6/h9-14,25,28-30H,7-8,15-18H2,1-6H3. The minimum atomic E-state index is -0.355. The van der Waals surface area contributed by atoms with Crippen LogP contribution in [-0.2, 0) is 18.6 Å². The van der Waals surface area contributed by atoms with Gasteiger partial charge in [0.1, 0.15) is 5.75 Å². The number of benzene rings is 2. The summed E-state index contributed by atoms with van der Waals surface area (Å²) in [6.45, 7) is 13.0. The number of hydrogen-bond acceptors (Lipinski definition) is 5. The van der Waals surface area contributed by atoms with Gasteiger partial charge < -0.3 is 20.1 Å². The van der Waals surface area contributed by atoms with Crippen molar-refractivity contribution in [3.05, 3.63) is 58.7 Å². The molecule has 0 saturated heterocycles. The van der Waals surface area contributed by atoms with Crippen molar-refractivity contribution in [2.75, 3.05) is 12.4 Å². The molecule has 2 aromatic rings. The number of thioether (sulfide) groups is 1. The summed E-state index contributed by atoms with van der Waals surface area (Å²) in [6, 6.07) is 12.1. The molecule has 0 amide bonds. The van der Waals surface area contributed by atoms with E-state index in [1.165, 1.54) is 16.0 Å². The average molecular weight is 461 g/mol. The second-order valence-electron chi connectivity index (χ2n) is 9.70. The summed E-state index contributed by atoms with van der Waals surface area (Å²) in [5, 5.41) is 29.4. The number of aliphatic hydroxyl groups is 3. The van der Waals surface area contributed by atoms with Crippen LogP contribution in [0.4, 0.5) is 0 Å². The van der Waals surface area contributed by atoms with E-state index in [9.17, 15) is 15.3 Å². The summed E-state index contributed by atoms with van der Waals surface area (Å²) >= 11 is 1.71. The van der Waals surface area contributed by atoms with Crippen molar-refractivity contribution in [1.82, 2.24) is 0 Å². The molecule has 0 aliphatic carbocycles. The third kappa shape index (κ3) is 6.50. The van der Waals surface area contributed by atoms with Gasteiger partial charge in [0.15, 0.2) is 0 Å². The summed E-state index contributed by atoms with van der Waals surface area (Å²) in [4.78, 5) is 1.20. The summed E-state index contributed by atoms with van der Waals surface area (Å²) in [5.74, 6) is 1.38. The highest BCUT2D eigenvalue weighted by Crippen LogP contribution is 2.36. The van der Waals surface area contributed by atoms with Crippen LogP contribution in [0.5, 0.6) is 5.75 Å². The predicted octanol–water partition coefficient (Wildman–Crippen LogP) is 5.62. The van der Waals surface area contributed by atoms with E-state index in [4.69, 9.17) is 4.74 Å². The number of rotatable bonds is 11. The topological polar surface area (TPSA) is 69.9 Å². The third-order valence-corrected chi connectivity index (χ3v) is 7.82. The highest BCUT2D eigenvalue weighted by atomic mass is 32.2. The Morgan fingerprint density at radius 2 is 1.59 bits per heavy atom. The van der Waals surface area contributed by atoms with Crippen LogP contribution in [0.15, 0.2) is 41.3 Å². The second kappa shape index (κ2) is 11.6. The van der Waals surface area contributed by atoms with Crippen LogP contribution in [0.3, 0.4) is 0 Å². The molecule has 0 spiro atoms. The highest BCUT2D eigenvalue weighted by Gasteiger charge is 2.30. The zero-order valence-corrected chi connectivity index (χ0v) is 21.3. The summed E-state index contributed by atoms with van der Waals surface area (Å²) < 4.78 is 6.21. The molecule has 0 aliphatic heterocycles. The predicted molar refractivity (Wildman–Crippen MR) is 133 cm³/mol. The van der Waals surface area contributed by atoms with Crippen molar-refractivity contribution in [2.45, 2.75) is 84.0 Å². The maximum absolute atomic E-state index is 10.4. The molecule has 0 bridgehead atoms. The van der Waals surface area contributed by atoms with Crippen LogP contribution in [0.25, 0.3) is 0 Å². The number of hydrogen-bond donors (Lipinski definition) is 3. The van der Waals surface area contributed by atoms with E-state index in [0.717, 1.165) is 18.4 Å². The molecule has 0 saturated carbocycles. The van der Waals surface area contributed by atoms with Crippen LogP contribution in [0.1, 0.15) is 69.7 Å². The Morgan fingerprint density at radius 3 is 2.12 bits per heavy atom. The Bertz CT molecular complexity index is 868. The fourth-order valence-corrected chi connectivity index (χ4v) is 5.01. The Labute approximate surface area is 198 Å². The van der Waals surface area contributed by atoms with Gasteiger partial charge in [-0.1, -0.05) is 52.8 Å². The van der Waals surface area contributed by atoms with Gasteiger partial charge in [0.05, 0.1) is 25.9 Å². The van der Waals surface area contributed by atoms with Crippen LogP contribution in [-0.4, -0.2) is 33.8 Å². The van der Waals surface area contributed by atoms with E-state index in [0.29, 0.717) is 23.7 Å². The molecule has 178 valence electrons. The molecule has 0 aromatic heterocycles. The molecule has 0 fully saturated rings. The average Bonchev–Trinajstić information content (AvgIpc) is 2.78. The molecule has 2 rings (SSSR count). The van der Waals surface area contributed by atoms with Gasteiger partial charge in [-0.3, -0.25) is 0 Å². The SMILES string of the molecule is CCC(CC)(COc1ccc(CO)c(CO)c1)c1ccc(SCC(O)C(C)(C)C)c(C)c1. The Hall–Kier alpha value is -1.53. The first-order valence-electron chi connectivity index (χ1n) is 11.5. The molecule has 1 atom stereocenters. The zero-order valence-electron chi connectivity index (χ0n) is 20.4. The number of ether oxygens (including phenoxy) is 1. The Kier molecular flexibility index (Phi) is 9.65. The van der Waals surface area contributed by atoms with E-state index in [1.54, 1.807) is 11.8 Å². The van der Waals surface area contributed by atoms with Crippen LogP contribution < -0.4 is 4.74 Å². The lowest BCUT2D eigenvalue weighted by atomic mass is 9.76. The molecule has 0 heterocycles. The minimum Gasteiger partial charge on any atom is -0.493 e. The van der Waals surface area contributed by atoms with E-state index in [2.05, 4.69) is 59.7 Å². The summed E-state index contributed by atoms with van der Waals surface area (Å²) in [7, 11) is 0. The quantitative estimate of drug-likeness (QED) is 0.380. The zero-order chi connectivity index (χ0) is 23.9. The first kappa shape index (κ1) is 26.7.